The van der Waals surface area contributed by atoms with Crippen LogP contribution in [0.3, 0.4) is 0 Å². The quantitative estimate of drug-likeness (QED) is 0.594. The highest BCUT2D eigenvalue weighted by Gasteiger charge is 1.98. The number of hydrogen-bond donors (Lipinski definition) is 0. The van der Waals surface area contributed by atoms with E-state index in [0.29, 0.717) is 26.5 Å². The molecule has 19 heavy (non-hydrogen) atoms. The molecular weight excluding hydrogens is 419 g/mol. The number of carbonyl (C=O) groups is 1. The lowest BCUT2D eigenvalue weighted by molar-refractivity contribution is 0.111. The molecule has 0 fully saturated rings. The zero-order chi connectivity index (χ0) is 14.4. The molecule has 0 aromatic carbocycles. The molecule has 0 atom stereocenters. The molecule has 2 aromatic heterocycles. The predicted molar refractivity (Wildman–Crippen MR) is 84.0 cm³/mol. The minimum atomic E-state index is 0.365. The second kappa shape index (κ2) is 7.94. The van der Waals surface area contributed by atoms with Crippen molar-refractivity contribution < 1.29 is 4.79 Å². The fourth-order valence-electron chi connectivity index (χ4n) is 0.995. The molecule has 2 rings (SSSR count). The second-order valence-corrected chi connectivity index (χ2v) is 5.94. The Labute approximate surface area is 137 Å². The first kappa shape index (κ1) is 16.6. The SMILES string of the molecule is Cc1ncc(Cl)cc1Br.O=Cc1ncc(Cl)cc1Br. The maximum atomic E-state index is 10.2. The van der Waals surface area contributed by atoms with E-state index in [9.17, 15) is 4.79 Å². The van der Waals surface area contributed by atoms with Gasteiger partial charge in [0.25, 0.3) is 0 Å². The monoisotopic (exact) mass is 424 g/mol. The number of aldehydes is 1. The summed E-state index contributed by atoms with van der Waals surface area (Å²) in [6.07, 6.45) is 3.72. The Morgan fingerprint density at radius 3 is 2.00 bits per heavy atom. The number of pyridine rings is 2. The van der Waals surface area contributed by atoms with Crippen molar-refractivity contribution in [2.45, 2.75) is 6.92 Å². The van der Waals surface area contributed by atoms with E-state index in [1.165, 1.54) is 6.20 Å². The van der Waals surface area contributed by atoms with Crippen molar-refractivity contribution in [2.24, 2.45) is 0 Å². The van der Waals surface area contributed by atoms with Gasteiger partial charge in [-0.2, -0.15) is 0 Å². The molecule has 100 valence electrons. The summed E-state index contributed by atoms with van der Waals surface area (Å²) < 4.78 is 1.57. The number of aromatic nitrogens is 2. The predicted octanol–water partition coefficient (Wildman–Crippen LogP) is 5.12. The lowest BCUT2D eigenvalue weighted by atomic mass is 10.4. The van der Waals surface area contributed by atoms with Crippen LogP contribution in [0.15, 0.2) is 33.5 Å². The highest BCUT2D eigenvalue weighted by molar-refractivity contribution is 9.10. The third-order valence-electron chi connectivity index (χ3n) is 1.94. The van der Waals surface area contributed by atoms with Crippen LogP contribution in [0.4, 0.5) is 0 Å². The summed E-state index contributed by atoms with van der Waals surface area (Å²) in [5.41, 5.74) is 1.32. The zero-order valence-corrected chi connectivity index (χ0v) is 14.4. The smallest absolute Gasteiger partial charge is 0.169 e. The molecule has 2 aromatic rings. The molecule has 0 amide bonds. The molecule has 0 saturated heterocycles. The molecule has 0 N–H and O–H groups in total. The molecule has 0 bridgehead atoms. The van der Waals surface area contributed by atoms with E-state index in [1.807, 2.05) is 13.0 Å². The van der Waals surface area contributed by atoms with Gasteiger partial charge in [0.05, 0.1) is 15.7 Å². The van der Waals surface area contributed by atoms with E-state index < -0.39 is 0 Å². The van der Waals surface area contributed by atoms with Gasteiger partial charge in [-0.1, -0.05) is 23.2 Å². The summed E-state index contributed by atoms with van der Waals surface area (Å²) in [6, 6.07) is 3.45. The van der Waals surface area contributed by atoms with Crippen molar-refractivity contribution in [3.63, 3.8) is 0 Å². The van der Waals surface area contributed by atoms with Gasteiger partial charge >= 0.3 is 0 Å². The van der Waals surface area contributed by atoms with Crippen LogP contribution in [-0.2, 0) is 0 Å². The van der Waals surface area contributed by atoms with Crippen LogP contribution in [0, 0.1) is 6.92 Å². The summed E-state index contributed by atoms with van der Waals surface area (Å²) in [5, 5.41) is 1.17. The minimum Gasteiger partial charge on any atom is -0.296 e. The molecule has 7 heteroatoms. The van der Waals surface area contributed by atoms with Crippen LogP contribution in [0.2, 0.25) is 10.0 Å². The number of aryl methyl sites for hydroxylation is 1. The third kappa shape index (κ3) is 5.57. The van der Waals surface area contributed by atoms with Crippen LogP contribution in [0.1, 0.15) is 16.2 Å². The first-order chi connectivity index (χ1) is 8.93. The molecule has 0 unspecified atom stereocenters. The van der Waals surface area contributed by atoms with E-state index in [0.717, 1.165) is 10.2 Å². The summed E-state index contributed by atoms with van der Waals surface area (Å²) in [5.74, 6) is 0. The Hall–Kier alpha value is -0.490. The van der Waals surface area contributed by atoms with Crippen LogP contribution in [-0.4, -0.2) is 16.3 Å². The number of halogens is 4. The van der Waals surface area contributed by atoms with Crippen molar-refractivity contribution in [2.75, 3.05) is 0 Å². The number of nitrogens with zero attached hydrogens (tertiary/aromatic N) is 2. The largest absolute Gasteiger partial charge is 0.296 e. The highest BCUT2D eigenvalue weighted by atomic mass is 79.9. The van der Waals surface area contributed by atoms with E-state index in [-0.39, 0.29) is 0 Å². The minimum absolute atomic E-state index is 0.365. The summed E-state index contributed by atoms with van der Waals surface area (Å²) >= 11 is 17.6. The first-order valence-electron chi connectivity index (χ1n) is 4.98. The lowest BCUT2D eigenvalue weighted by Crippen LogP contribution is -1.86. The normalized spacial score (nSPS) is 9.53. The molecular formula is C12H8Br2Cl2N2O. The van der Waals surface area contributed by atoms with Gasteiger partial charge in [0.2, 0.25) is 0 Å². The van der Waals surface area contributed by atoms with Crippen molar-refractivity contribution >= 4 is 61.3 Å². The van der Waals surface area contributed by atoms with Gasteiger partial charge in [-0.05, 0) is 50.9 Å². The molecule has 0 aliphatic carbocycles. The molecule has 2 heterocycles. The van der Waals surface area contributed by atoms with Gasteiger partial charge < -0.3 is 0 Å². The van der Waals surface area contributed by atoms with Crippen molar-refractivity contribution in [1.29, 1.82) is 0 Å². The van der Waals surface area contributed by atoms with E-state index in [1.54, 1.807) is 12.3 Å². The van der Waals surface area contributed by atoms with Crippen molar-refractivity contribution in [3.8, 4) is 0 Å². The Morgan fingerprint density at radius 2 is 1.58 bits per heavy atom. The van der Waals surface area contributed by atoms with Gasteiger partial charge in [0.1, 0.15) is 5.69 Å². The molecule has 0 aliphatic rings. The standard InChI is InChI=1S/C6H3BrClNO.C6H5BrClN/c7-5-1-4(8)2-9-6(5)3-10;1-4-6(7)2-5(8)3-9-4/h1-3H;2-3H,1H3. The average Bonchev–Trinajstić information content (AvgIpc) is 2.35. The zero-order valence-electron chi connectivity index (χ0n) is 9.70. The van der Waals surface area contributed by atoms with Crippen molar-refractivity contribution in [1.82, 2.24) is 9.97 Å². The number of carbonyl (C=O) groups excluding carboxylic acids is 1. The van der Waals surface area contributed by atoms with E-state index in [2.05, 4.69) is 41.8 Å². The molecule has 0 radical (unpaired) electrons. The average molecular weight is 427 g/mol. The fourth-order valence-corrected chi connectivity index (χ4v) is 2.37. The summed E-state index contributed by atoms with van der Waals surface area (Å²) in [4.78, 5) is 18.0. The summed E-state index contributed by atoms with van der Waals surface area (Å²) in [6.45, 7) is 1.92. The van der Waals surface area contributed by atoms with Gasteiger partial charge in [-0.15, -0.1) is 0 Å². The van der Waals surface area contributed by atoms with Crippen LogP contribution in [0.25, 0.3) is 0 Å². The van der Waals surface area contributed by atoms with Crippen LogP contribution < -0.4 is 0 Å². The van der Waals surface area contributed by atoms with Gasteiger partial charge in [0.15, 0.2) is 6.29 Å². The Bertz CT molecular complexity index is 594. The first-order valence-corrected chi connectivity index (χ1v) is 7.32. The molecule has 0 spiro atoms. The number of hydrogen-bond acceptors (Lipinski definition) is 3. The third-order valence-corrected chi connectivity index (χ3v) is 3.79. The van der Waals surface area contributed by atoms with Gasteiger partial charge in [-0.25, -0.2) is 0 Å². The highest BCUT2D eigenvalue weighted by Crippen LogP contribution is 2.18. The Balaban J connectivity index is 0.000000191. The van der Waals surface area contributed by atoms with Gasteiger partial charge in [0, 0.05) is 21.3 Å². The summed E-state index contributed by atoms with van der Waals surface area (Å²) in [7, 11) is 0. The van der Waals surface area contributed by atoms with Gasteiger partial charge in [-0.3, -0.25) is 14.8 Å². The maximum absolute atomic E-state index is 10.2. The molecule has 0 saturated carbocycles. The van der Waals surface area contributed by atoms with E-state index >= 15 is 0 Å². The Kier molecular flexibility index (Phi) is 6.93. The topological polar surface area (TPSA) is 42.9 Å². The maximum Gasteiger partial charge on any atom is 0.169 e. The lowest BCUT2D eigenvalue weighted by Gasteiger charge is -1.94. The fraction of sp³-hybridized carbons (Fsp3) is 0.0833. The van der Waals surface area contributed by atoms with Crippen LogP contribution in [0.5, 0.6) is 0 Å². The molecule has 0 aliphatic heterocycles. The molecule has 3 nitrogen and oxygen atoms in total. The number of rotatable bonds is 1. The second-order valence-electron chi connectivity index (χ2n) is 3.36. The Morgan fingerprint density at radius 1 is 1.05 bits per heavy atom. The van der Waals surface area contributed by atoms with Crippen LogP contribution >= 0.6 is 55.1 Å². The van der Waals surface area contributed by atoms with Crippen molar-refractivity contribution in [3.05, 3.63) is 54.9 Å². The van der Waals surface area contributed by atoms with E-state index in [4.69, 9.17) is 23.2 Å².